The predicted octanol–water partition coefficient (Wildman–Crippen LogP) is 3.50. The van der Waals surface area contributed by atoms with Gasteiger partial charge < -0.3 is 10.1 Å². The fraction of sp³-hybridized carbons (Fsp3) is 0.231. The quantitative estimate of drug-likeness (QED) is 0.877. The summed E-state index contributed by atoms with van der Waals surface area (Å²) in [5, 5.41) is 3.27. The number of rotatable bonds is 4. The molecular formula is C13H13ClN2O2S. The molecule has 0 amide bonds. The van der Waals surface area contributed by atoms with Gasteiger partial charge in [0.15, 0.2) is 4.47 Å². The molecule has 0 bridgehead atoms. The van der Waals surface area contributed by atoms with E-state index in [0.29, 0.717) is 16.6 Å². The van der Waals surface area contributed by atoms with Crippen LogP contribution in [0, 0.1) is 6.92 Å². The molecule has 0 aliphatic carbocycles. The number of esters is 1. The molecule has 4 nitrogen and oxygen atoms in total. The fourth-order valence-electron chi connectivity index (χ4n) is 1.60. The van der Waals surface area contributed by atoms with Crippen LogP contribution in [0.25, 0.3) is 0 Å². The molecule has 1 N–H and O–H groups in total. The van der Waals surface area contributed by atoms with Crippen molar-refractivity contribution in [2.45, 2.75) is 13.5 Å². The zero-order chi connectivity index (χ0) is 13.8. The molecule has 0 aliphatic rings. The van der Waals surface area contributed by atoms with Crippen molar-refractivity contribution >= 4 is 34.6 Å². The molecule has 0 radical (unpaired) electrons. The summed E-state index contributed by atoms with van der Waals surface area (Å²) < 4.78 is 5.23. The van der Waals surface area contributed by atoms with Crippen LogP contribution in [0.5, 0.6) is 0 Å². The first-order chi connectivity index (χ1) is 9.10. The summed E-state index contributed by atoms with van der Waals surface area (Å²) in [6, 6.07) is 5.41. The highest BCUT2D eigenvalue weighted by molar-refractivity contribution is 7.15. The van der Waals surface area contributed by atoms with Crippen LogP contribution in [-0.4, -0.2) is 18.1 Å². The molecule has 0 unspecified atom stereocenters. The van der Waals surface area contributed by atoms with E-state index in [4.69, 9.17) is 16.3 Å². The number of anilines is 1. The van der Waals surface area contributed by atoms with Crippen LogP contribution in [0.3, 0.4) is 0 Å². The van der Waals surface area contributed by atoms with Gasteiger partial charge in [-0.2, -0.15) is 0 Å². The number of carbonyl (C=O) groups excluding carboxylic acids is 1. The number of ether oxygens (including phenoxy) is 1. The number of methoxy groups -OCH3 is 1. The number of benzene rings is 1. The molecule has 2 rings (SSSR count). The third-order valence-corrected chi connectivity index (χ3v) is 3.75. The molecule has 1 heterocycles. The van der Waals surface area contributed by atoms with Crippen LogP contribution in [0.2, 0.25) is 4.47 Å². The highest BCUT2D eigenvalue weighted by Gasteiger charge is 2.08. The largest absolute Gasteiger partial charge is 0.465 e. The van der Waals surface area contributed by atoms with E-state index in [2.05, 4.69) is 10.3 Å². The summed E-state index contributed by atoms with van der Waals surface area (Å²) in [7, 11) is 1.37. The van der Waals surface area contributed by atoms with Crippen molar-refractivity contribution in [3.8, 4) is 0 Å². The lowest BCUT2D eigenvalue weighted by Gasteiger charge is -2.10. The summed E-state index contributed by atoms with van der Waals surface area (Å²) in [6.45, 7) is 2.60. The molecule has 0 spiro atoms. The van der Waals surface area contributed by atoms with E-state index in [1.165, 1.54) is 18.4 Å². The van der Waals surface area contributed by atoms with Crippen LogP contribution in [0.15, 0.2) is 24.4 Å². The van der Waals surface area contributed by atoms with E-state index < -0.39 is 0 Å². The minimum atomic E-state index is -0.344. The maximum Gasteiger partial charge on any atom is 0.337 e. The predicted molar refractivity (Wildman–Crippen MR) is 77.0 cm³/mol. The number of halogens is 1. The zero-order valence-electron chi connectivity index (χ0n) is 10.6. The van der Waals surface area contributed by atoms with Crippen LogP contribution < -0.4 is 5.32 Å². The van der Waals surface area contributed by atoms with Crippen molar-refractivity contribution in [3.05, 3.63) is 44.9 Å². The monoisotopic (exact) mass is 296 g/mol. The molecule has 0 saturated carbocycles. The molecule has 2 aromatic rings. The second-order valence-corrected chi connectivity index (χ2v) is 5.65. The van der Waals surface area contributed by atoms with E-state index in [-0.39, 0.29) is 5.97 Å². The maximum atomic E-state index is 11.5. The maximum absolute atomic E-state index is 11.5. The molecule has 1 aromatic carbocycles. The van der Waals surface area contributed by atoms with Crippen molar-refractivity contribution in [1.82, 2.24) is 4.98 Å². The van der Waals surface area contributed by atoms with Crippen LogP contribution >= 0.6 is 22.9 Å². The van der Waals surface area contributed by atoms with Crippen molar-refractivity contribution in [3.63, 3.8) is 0 Å². The Balaban J connectivity index is 2.12. The lowest BCUT2D eigenvalue weighted by Crippen LogP contribution is -2.04. The highest BCUT2D eigenvalue weighted by atomic mass is 35.5. The molecule has 0 fully saturated rings. The summed E-state index contributed by atoms with van der Waals surface area (Å²) >= 11 is 7.21. The number of thiazole rings is 1. The average molecular weight is 297 g/mol. The molecule has 0 aliphatic heterocycles. The van der Waals surface area contributed by atoms with E-state index in [9.17, 15) is 4.79 Å². The van der Waals surface area contributed by atoms with Gasteiger partial charge in [-0.05, 0) is 24.6 Å². The van der Waals surface area contributed by atoms with Gasteiger partial charge >= 0.3 is 5.97 Å². The van der Waals surface area contributed by atoms with Gasteiger partial charge in [0.25, 0.3) is 0 Å². The highest BCUT2D eigenvalue weighted by Crippen LogP contribution is 2.21. The summed E-state index contributed by atoms with van der Waals surface area (Å²) in [5.74, 6) is -0.344. The van der Waals surface area contributed by atoms with Gasteiger partial charge in [-0.15, -0.1) is 11.3 Å². The molecule has 1 aromatic heterocycles. The molecular weight excluding hydrogens is 284 g/mol. The number of nitrogens with one attached hydrogen (secondary N) is 1. The summed E-state index contributed by atoms with van der Waals surface area (Å²) in [5.41, 5.74) is 2.48. The third-order valence-electron chi connectivity index (χ3n) is 2.64. The Morgan fingerprint density at radius 3 is 2.95 bits per heavy atom. The van der Waals surface area contributed by atoms with Crippen LogP contribution in [0.4, 0.5) is 5.69 Å². The molecule has 0 atom stereocenters. The number of hydrogen-bond acceptors (Lipinski definition) is 5. The molecule has 6 heteroatoms. The third kappa shape index (κ3) is 3.45. The smallest absolute Gasteiger partial charge is 0.337 e. The standard InChI is InChI=1S/C13H13ClN2O2S/c1-8-3-4-9(12(17)18-2)5-11(8)15-6-10-7-16-13(14)19-10/h3-5,7,15H,6H2,1-2H3. The van der Waals surface area contributed by atoms with Crippen molar-refractivity contribution in [1.29, 1.82) is 0 Å². The van der Waals surface area contributed by atoms with Gasteiger partial charge in [-0.25, -0.2) is 9.78 Å². The van der Waals surface area contributed by atoms with Gasteiger partial charge in [-0.3, -0.25) is 0 Å². The SMILES string of the molecule is COC(=O)c1ccc(C)c(NCc2cnc(Cl)s2)c1. The van der Waals surface area contributed by atoms with Gasteiger partial charge in [0.05, 0.1) is 19.2 Å². The number of nitrogens with zero attached hydrogens (tertiary/aromatic N) is 1. The lowest BCUT2D eigenvalue weighted by molar-refractivity contribution is 0.0601. The van der Waals surface area contributed by atoms with Gasteiger partial charge in [0.2, 0.25) is 0 Å². The summed E-state index contributed by atoms with van der Waals surface area (Å²) in [4.78, 5) is 16.5. The Kier molecular flexibility index (Phi) is 4.39. The van der Waals surface area contributed by atoms with Crippen LogP contribution in [0.1, 0.15) is 20.8 Å². The van der Waals surface area contributed by atoms with E-state index in [1.54, 1.807) is 18.3 Å². The van der Waals surface area contributed by atoms with E-state index in [0.717, 1.165) is 16.1 Å². The Labute approximate surface area is 120 Å². The van der Waals surface area contributed by atoms with E-state index in [1.807, 2.05) is 13.0 Å². The van der Waals surface area contributed by atoms with Crippen molar-refractivity contribution in [2.75, 3.05) is 12.4 Å². The molecule has 0 saturated heterocycles. The Morgan fingerprint density at radius 2 is 2.32 bits per heavy atom. The number of aryl methyl sites for hydroxylation is 1. The fourth-order valence-corrected chi connectivity index (χ4v) is 2.52. The normalized spacial score (nSPS) is 10.3. The van der Waals surface area contributed by atoms with E-state index >= 15 is 0 Å². The Morgan fingerprint density at radius 1 is 1.53 bits per heavy atom. The minimum absolute atomic E-state index is 0.344. The van der Waals surface area contributed by atoms with Crippen molar-refractivity contribution in [2.24, 2.45) is 0 Å². The molecule has 100 valence electrons. The number of carbonyl (C=O) groups is 1. The number of hydrogen-bond donors (Lipinski definition) is 1. The van der Waals surface area contributed by atoms with Crippen molar-refractivity contribution < 1.29 is 9.53 Å². The second kappa shape index (κ2) is 6.04. The average Bonchev–Trinajstić information content (AvgIpc) is 2.82. The van der Waals surface area contributed by atoms with Gasteiger partial charge in [0.1, 0.15) is 0 Å². The Bertz CT molecular complexity index is 598. The minimum Gasteiger partial charge on any atom is -0.465 e. The summed E-state index contributed by atoms with van der Waals surface area (Å²) in [6.07, 6.45) is 1.74. The van der Waals surface area contributed by atoms with Gasteiger partial charge in [-0.1, -0.05) is 17.7 Å². The second-order valence-electron chi connectivity index (χ2n) is 3.95. The topological polar surface area (TPSA) is 51.2 Å². The van der Waals surface area contributed by atoms with Crippen LogP contribution in [-0.2, 0) is 11.3 Å². The first-order valence-electron chi connectivity index (χ1n) is 5.63. The van der Waals surface area contributed by atoms with Gasteiger partial charge in [0, 0.05) is 16.8 Å². The number of aromatic nitrogens is 1. The first kappa shape index (κ1) is 13.8. The Hall–Kier alpha value is -1.59. The zero-order valence-corrected chi connectivity index (χ0v) is 12.1. The molecule has 19 heavy (non-hydrogen) atoms. The first-order valence-corrected chi connectivity index (χ1v) is 6.82. The lowest BCUT2D eigenvalue weighted by atomic mass is 10.1.